The largest absolute Gasteiger partial charge is 0.319 e. The van der Waals surface area contributed by atoms with Gasteiger partial charge >= 0.3 is 0 Å². The van der Waals surface area contributed by atoms with Gasteiger partial charge in [0.15, 0.2) is 0 Å². The van der Waals surface area contributed by atoms with Crippen molar-refractivity contribution in [3.63, 3.8) is 0 Å². The third-order valence-corrected chi connectivity index (χ3v) is 3.49. The summed E-state index contributed by atoms with van der Waals surface area (Å²) in [5, 5.41) is 4.87. The van der Waals surface area contributed by atoms with Gasteiger partial charge in [0, 0.05) is 6.54 Å². The van der Waals surface area contributed by atoms with Gasteiger partial charge in [-0.15, -0.1) is 0 Å². The molecule has 0 spiro atoms. The number of hydrogen-bond donors (Lipinski definition) is 1. The van der Waals surface area contributed by atoms with Crippen molar-refractivity contribution in [3.8, 4) is 0 Å². The zero-order chi connectivity index (χ0) is 13.3. The molecule has 0 aliphatic heterocycles. The van der Waals surface area contributed by atoms with E-state index in [0.29, 0.717) is 5.02 Å². The van der Waals surface area contributed by atoms with Crippen LogP contribution in [0.4, 0.5) is 0 Å². The normalized spacial score (nSPS) is 12.7. The van der Waals surface area contributed by atoms with Crippen LogP contribution in [0.15, 0.2) is 24.4 Å². The van der Waals surface area contributed by atoms with Gasteiger partial charge in [-0.3, -0.25) is 4.68 Å². The quantitative estimate of drug-likeness (QED) is 0.924. The minimum Gasteiger partial charge on any atom is -0.319 e. The molecular weight excluding hydrogens is 246 g/mol. The van der Waals surface area contributed by atoms with E-state index < -0.39 is 0 Å². The first-order chi connectivity index (χ1) is 8.54. The lowest BCUT2D eigenvalue weighted by molar-refractivity contribution is 0.600. The second-order valence-corrected chi connectivity index (χ2v) is 4.94. The van der Waals surface area contributed by atoms with Crippen molar-refractivity contribution < 1.29 is 0 Å². The van der Waals surface area contributed by atoms with Gasteiger partial charge in [-0.05, 0) is 31.9 Å². The van der Waals surface area contributed by atoms with Crippen LogP contribution in [0, 0.1) is 13.8 Å². The molecule has 1 heterocycles. The third-order valence-electron chi connectivity index (χ3n) is 3.20. The molecular formula is C14H18ClN3. The van der Waals surface area contributed by atoms with Crippen molar-refractivity contribution >= 4 is 11.6 Å². The van der Waals surface area contributed by atoms with E-state index in [-0.39, 0.29) is 6.04 Å². The number of aryl methyl sites for hydroxylation is 3. The van der Waals surface area contributed by atoms with Gasteiger partial charge < -0.3 is 5.73 Å². The van der Waals surface area contributed by atoms with Gasteiger partial charge in [0.2, 0.25) is 0 Å². The second kappa shape index (κ2) is 5.12. The van der Waals surface area contributed by atoms with Crippen LogP contribution >= 0.6 is 11.6 Å². The van der Waals surface area contributed by atoms with Crippen molar-refractivity contribution in [2.45, 2.75) is 33.4 Å². The Bertz CT molecular complexity index is 560. The predicted octanol–water partition coefficient (Wildman–Crippen LogP) is 3.22. The van der Waals surface area contributed by atoms with Crippen LogP contribution in [0.3, 0.4) is 0 Å². The number of halogens is 1. The number of benzene rings is 1. The molecule has 18 heavy (non-hydrogen) atoms. The van der Waals surface area contributed by atoms with E-state index in [1.165, 1.54) is 11.1 Å². The van der Waals surface area contributed by atoms with Gasteiger partial charge in [0.05, 0.1) is 23.0 Å². The topological polar surface area (TPSA) is 43.8 Å². The molecule has 4 heteroatoms. The summed E-state index contributed by atoms with van der Waals surface area (Å²) in [6.45, 7) is 6.92. The summed E-state index contributed by atoms with van der Waals surface area (Å²) in [6, 6.07) is 6.05. The fourth-order valence-electron chi connectivity index (χ4n) is 2.18. The molecule has 3 nitrogen and oxygen atoms in total. The first-order valence-corrected chi connectivity index (χ1v) is 6.46. The summed E-state index contributed by atoms with van der Waals surface area (Å²) < 4.78 is 1.86. The lowest BCUT2D eigenvalue weighted by Gasteiger charge is -2.17. The molecule has 1 aromatic carbocycles. The fraction of sp³-hybridized carbons (Fsp3) is 0.357. The van der Waals surface area contributed by atoms with Gasteiger partial charge in [0.1, 0.15) is 0 Å². The first-order valence-electron chi connectivity index (χ1n) is 6.08. The van der Waals surface area contributed by atoms with Crippen molar-refractivity contribution in [2.24, 2.45) is 5.73 Å². The smallest absolute Gasteiger partial charge is 0.0837 e. The lowest BCUT2D eigenvalue weighted by atomic mass is 9.97. The summed E-state index contributed by atoms with van der Waals surface area (Å²) in [7, 11) is 0. The Morgan fingerprint density at radius 2 is 2.11 bits per heavy atom. The highest BCUT2D eigenvalue weighted by atomic mass is 35.5. The minimum atomic E-state index is -0.236. The molecule has 1 atom stereocenters. The highest BCUT2D eigenvalue weighted by molar-refractivity contribution is 6.31. The van der Waals surface area contributed by atoms with Crippen LogP contribution in [0.25, 0.3) is 0 Å². The molecule has 0 saturated carbocycles. The van der Waals surface area contributed by atoms with E-state index in [1.54, 1.807) is 6.20 Å². The summed E-state index contributed by atoms with van der Waals surface area (Å²) in [6.07, 6.45) is 1.66. The Morgan fingerprint density at radius 1 is 1.39 bits per heavy atom. The van der Waals surface area contributed by atoms with Crippen molar-refractivity contribution in [3.05, 3.63) is 51.8 Å². The molecule has 0 saturated heterocycles. The summed E-state index contributed by atoms with van der Waals surface area (Å²) in [5.41, 5.74) is 10.7. The maximum atomic E-state index is 6.36. The molecule has 0 radical (unpaired) electrons. The highest BCUT2D eigenvalue weighted by Gasteiger charge is 2.19. The molecule has 0 fully saturated rings. The Morgan fingerprint density at radius 3 is 2.78 bits per heavy atom. The molecule has 2 rings (SSSR count). The van der Waals surface area contributed by atoms with Crippen LogP contribution in [0.1, 0.15) is 35.3 Å². The number of nitrogens with two attached hydrogens (primary N) is 1. The molecule has 1 aromatic heterocycles. The third kappa shape index (κ3) is 2.28. The molecule has 1 unspecified atom stereocenters. The average molecular weight is 264 g/mol. The Hall–Kier alpha value is -1.32. The van der Waals surface area contributed by atoms with Gasteiger partial charge in [-0.2, -0.15) is 5.10 Å². The average Bonchev–Trinajstić information content (AvgIpc) is 2.72. The number of rotatable bonds is 3. The van der Waals surface area contributed by atoms with E-state index in [1.807, 2.05) is 11.6 Å². The van der Waals surface area contributed by atoms with Crippen LogP contribution in [-0.2, 0) is 6.54 Å². The predicted molar refractivity (Wildman–Crippen MR) is 74.9 cm³/mol. The molecule has 96 valence electrons. The van der Waals surface area contributed by atoms with Crippen LogP contribution in [0.5, 0.6) is 0 Å². The Labute approximate surface area is 113 Å². The van der Waals surface area contributed by atoms with Crippen molar-refractivity contribution in [2.75, 3.05) is 0 Å². The lowest BCUT2D eigenvalue weighted by Crippen LogP contribution is -2.18. The van der Waals surface area contributed by atoms with Crippen LogP contribution in [-0.4, -0.2) is 9.78 Å². The fourth-order valence-corrected chi connectivity index (χ4v) is 2.43. The van der Waals surface area contributed by atoms with Crippen LogP contribution in [0.2, 0.25) is 5.02 Å². The molecule has 0 aliphatic rings. The van der Waals surface area contributed by atoms with Crippen molar-refractivity contribution in [1.29, 1.82) is 0 Å². The standard InChI is InChI=1S/C14H18ClN3/c1-4-18-14(12(15)8-17-18)13(16)11-7-9(2)5-6-10(11)3/h5-8,13H,4,16H2,1-3H3. The van der Waals surface area contributed by atoms with E-state index >= 15 is 0 Å². The van der Waals surface area contributed by atoms with E-state index in [2.05, 4.69) is 37.1 Å². The summed E-state index contributed by atoms with van der Waals surface area (Å²) >= 11 is 6.20. The number of nitrogens with zero attached hydrogens (tertiary/aromatic N) is 2. The summed E-state index contributed by atoms with van der Waals surface area (Å²) in [4.78, 5) is 0. The maximum Gasteiger partial charge on any atom is 0.0837 e. The molecule has 2 aromatic rings. The monoisotopic (exact) mass is 263 g/mol. The highest BCUT2D eigenvalue weighted by Crippen LogP contribution is 2.28. The van der Waals surface area contributed by atoms with E-state index in [0.717, 1.165) is 17.8 Å². The SMILES string of the molecule is CCn1ncc(Cl)c1C(N)c1cc(C)ccc1C. The zero-order valence-corrected chi connectivity index (χ0v) is 11.7. The molecule has 2 N–H and O–H groups in total. The number of aromatic nitrogens is 2. The molecule has 0 bridgehead atoms. The Kier molecular flexibility index (Phi) is 3.73. The maximum absolute atomic E-state index is 6.36. The van der Waals surface area contributed by atoms with Gasteiger partial charge in [0.25, 0.3) is 0 Å². The summed E-state index contributed by atoms with van der Waals surface area (Å²) in [5.74, 6) is 0. The van der Waals surface area contributed by atoms with E-state index in [9.17, 15) is 0 Å². The first kappa shape index (κ1) is 13.1. The van der Waals surface area contributed by atoms with Crippen LogP contribution < -0.4 is 5.73 Å². The van der Waals surface area contributed by atoms with E-state index in [4.69, 9.17) is 17.3 Å². The second-order valence-electron chi connectivity index (χ2n) is 4.53. The zero-order valence-electron chi connectivity index (χ0n) is 10.9. The Balaban J connectivity index is 2.50. The van der Waals surface area contributed by atoms with Gasteiger partial charge in [-0.1, -0.05) is 35.4 Å². The van der Waals surface area contributed by atoms with Crippen molar-refractivity contribution in [1.82, 2.24) is 9.78 Å². The minimum absolute atomic E-state index is 0.236. The molecule has 0 amide bonds. The van der Waals surface area contributed by atoms with Gasteiger partial charge in [-0.25, -0.2) is 0 Å². The number of hydrogen-bond acceptors (Lipinski definition) is 2. The molecule has 0 aliphatic carbocycles.